The SMILES string of the molecule is O=C(c1ccn(-c2cccc([N+](=O)[O-])c2)n1)N(Cc1ccccc1[N+](=O)[O-])CC(F)(F)F. The van der Waals surface area contributed by atoms with Crippen molar-refractivity contribution in [3.63, 3.8) is 0 Å². The van der Waals surface area contributed by atoms with Gasteiger partial charge in [0.2, 0.25) is 0 Å². The Bertz CT molecular complexity index is 1180. The zero-order valence-corrected chi connectivity index (χ0v) is 16.1. The first kappa shape index (κ1) is 22.4. The fourth-order valence-corrected chi connectivity index (χ4v) is 2.94. The highest BCUT2D eigenvalue weighted by atomic mass is 19.4. The number of hydrogen-bond donors (Lipinski definition) is 0. The van der Waals surface area contributed by atoms with Crippen molar-refractivity contribution in [2.45, 2.75) is 12.7 Å². The van der Waals surface area contributed by atoms with E-state index in [0.29, 0.717) is 4.90 Å². The number of benzene rings is 2. The Kier molecular flexibility index (Phi) is 6.18. The Morgan fingerprint density at radius 3 is 2.41 bits per heavy atom. The molecule has 0 N–H and O–H groups in total. The molecule has 0 spiro atoms. The number of nitro benzene ring substituents is 2. The number of hydrogen-bond acceptors (Lipinski definition) is 6. The van der Waals surface area contributed by atoms with Gasteiger partial charge in [0.05, 0.1) is 22.1 Å². The lowest BCUT2D eigenvalue weighted by Gasteiger charge is -2.23. The molecule has 0 aliphatic rings. The van der Waals surface area contributed by atoms with Crippen LogP contribution in [0.5, 0.6) is 0 Å². The number of non-ortho nitro benzene ring substituents is 1. The lowest BCUT2D eigenvalue weighted by Crippen LogP contribution is -2.38. The Hall–Kier alpha value is -4.29. The number of nitro groups is 2. The molecule has 0 bridgehead atoms. The maximum atomic E-state index is 13.1. The number of alkyl halides is 3. The molecule has 166 valence electrons. The van der Waals surface area contributed by atoms with Crippen molar-refractivity contribution in [2.24, 2.45) is 0 Å². The monoisotopic (exact) mass is 449 g/mol. The molecule has 1 aromatic heterocycles. The Labute approximate surface area is 177 Å². The quantitative estimate of drug-likeness (QED) is 0.398. The van der Waals surface area contributed by atoms with Crippen molar-refractivity contribution < 1.29 is 27.8 Å². The summed E-state index contributed by atoms with van der Waals surface area (Å²) in [4.78, 5) is 33.9. The van der Waals surface area contributed by atoms with Gasteiger partial charge in [-0.3, -0.25) is 25.0 Å². The normalized spacial score (nSPS) is 11.2. The number of amides is 1. The van der Waals surface area contributed by atoms with Crippen LogP contribution < -0.4 is 0 Å². The van der Waals surface area contributed by atoms with Crippen LogP contribution in [0.25, 0.3) is 5.69 Å². The summed E-state index contributed by atoms with van der Waals surface area (Å²) in [5.41, 5.74) is -0.873. The van der Waals surface area contributed by atoms with E-state index in [9.17, 15) is 38.2 Å². The number of carbonyl (C=O) groups excluding carboxylic acids is 1. The Morgan fingerprint density at radius 2 is 1.75 bits per heavy atom. The molecule has 2 aromatic carbocycles. The van der Waals surface area contributed by atoms with E-state index >= 15 is 0 Å². The second kappa shape index (κ2) is 8.83. The number of halogens is 3. The van der Waals surface area contributed by atoms with Crippen LogP contribution in [0.4, 0.5) is 24.5 Å². The molecule has 32 heavy (non-hydrogen) atoms. The third-order valence-corrected chi connectivity index (χ3v) is 4.32. The van der Waals surface area contributed by atoms with Crippen molar-refractivity contribution in [1.29, 1.82) is 0 Å². The molecule has 13 heteroatoms. The molecule has 0 atom stereocenters. The van der Waals surface area contributed by atoms with Crippen molar-refractivity contribution >= 4 is 17.3 Å². The molecule has 3 aromatic rings. The summed E-state index contributed by atoms with van der Waals surface area (Å²) < 4.78 is 40.5. The van der Waals surface area contributed by atoms with Gasteiger partial charge in [-0.25, -0.2) is 4.68 Å². The van der Waals surface area contributed by atoms with Gasteiger partial charge in [-0.2, -0.15) is 18.3 Å². The molecule has 0 fully saturated rings. The zero-order chi connectivity index (χ0) is 23.5. The van der Waals surface area contributed by atoms with E-state index in [2.05, 4.69) is 5.10 Å². The summed E-state index contributed by atoms with van der Waals surface area (Å²) in [6, 6.07) is 11.6. The standard InChI is InChI=1S/C19H14F3N5O5/c20-19(21,22)12-24(11-13-4-1-2-7-17(13)27(31)32)18(28)16-8-9-25(23-16)14-5-3-6-15(10-14)26(29)30/h1-10H,11-12H2. The number of nitrogens with zero attached hydrogens (tertiary/aromatic N) is 5. The van der Waals surface area contributed by atoms with E-state index in [-0.39, 0.29) is 22.6 Å². The van der Waals surface area contributed by atoms with Crippen LogP contribution in [-0.4, -0.2) is 43.2 Å². The molecule has 0 unspecified atom stereocenters. The molecule has 1 amide bonds. The average molecular weight is 449 g/mol. The van der Waals surface area contributed by atoms with Crippen LogP contribution in [0.2, 0.25) is 0 Å². The summed E-state index contributed by atoms with van der Waals surface area (Å²) >= 11 is 0. The fourth-order valence-electron chi connectivity index (χ4n) is 2.94. The molecule has 0 aliphatic heterocycles. The third kappa shape index (κ3) is 5.24. The van der Waals surface area contributed by atoms with Crippen LogP contribution in [0, 0.1) is 20.2 Å². The maximum absolute atomic E-state index is 13.1. The lowest BCUT2D eigenvalue weighted by molar-refractivity contribution is -0.385. The van der Waals surface area contributed by atoms with Gasteiger partial charge in [-0.1, -0.05) is 24.3 Å². The fraction of sp³-hybridized carbons (Fsp3) is 0.158. The largest absolute Gasteiger partial charge is 0.406 e. The van der Waals surface area contributed by atoms with Crippen LogP contribution in [0.15, 0.2) is 60.8 Å². The molecule has 3 rings (SSSR count). The number of carbonyl (C=O) groups is 1. The van der Waals surface area contributed by atoms with Crippen molar-refractivity contribution in [1.82, 2.24) is 14.7 Å². The highest BCUT2D eigenvalue weighted by Crippen LogP contribution is 2.24. The summed E-state index contributed by atoms with van der Waals surface area (Å²) in [6.45, 7) is -2.32. The predicted octanol–water partition coefficient (Wildman–Crippen LogP) is 3.89. The van der Waals surface area contributed by atoms with Crippen LogP contribution in [-0.2, 0) is 6.54 Å². The number of para-hydroxylation sites is 1. The average Bonchev–Trinajstić information content (AvgIpc) is 3.22. The lowest BCUT2D eigenvalue weighted by atomic mass is 10.1. The molecular weight excluding hydrogens is 435 g/mol. The van der Waals surface area contributed by atoms with E-state index < -0.39 is 40.7 Å². The first-order chi connectivity index (χ1) is 15.0. The van der Waals surface area contributed by atoms with Gasteiger partial charge in [0, 0.05) is 30.0 Å². The molecule has 10 nitrogen and oxygen atoms in total. The number of aromatic nitrogens is 2. The Balaban J connectivity index is 1.92. The van der Waals surface area contributed by atoms with Crippen LogP contribution in [0.3, 0.4) is 0 Å². The molecule has 0 radical (unpaired) electrons. The molecule has 0 aliphatic carbocycles. The minimum Gasteiger partial charge on any atom is -0.324 e. The smallest absolute Gasteiger partial charge is 0.324 e. The van der Waals surface area contributed by atoms with E-state index in [1.165, 1.54) is 48.7 Å². The maximum Gasteiger partial charge on any atom is 0.406 e. The van der Waals surface area contributed by atoms with Gasteiger partial charge < -0.3 is 4.90 Å². The first-order valence-corrected chi connectivity index (χ1v) is 8.94. The highest BCUT2D eigenvalue weighted by molar-refractivity contribution is 5.92. The Morgan fingerprint density at radius 1 is 1.03 bits per heavy atom. The van der Waals surface area contributed by atoms with Crippen molar-refractivity contribution in [3.8, 4) is 5.69 Å². The second-order valence-corrected chi connectivity index (χ2v) is 6.58. The summed E-state index contributed by atoms with van der Waals surface area (Å²) in [7, 11) is 0. The van der Waals surface area contributed by atoms with Gasteiger partial charge in [-0.15, -0.1) is 0 Å². The zero-order valence-electron chi connectivity index (χ0n) is 16.1. The van der Waals surface area contributed by atoms with E-state index in [0.717, 1.165) is 16.8 Å². The highest BCUT2D eigenvalue weighted by Gasteiger charge is 2.35. The summed E-state index contributed by atoms with van der Waals surface area (Å²) in [6.07, 6.45) is -3.50. The molecule has 0 saturated carbocycles. The first-order valence-electron chi connectivity index (χ1n) is 8.94. The van der Waals surface area contributed by atoms with Crippen LogP contribution >= 0.6 is 0 Å². The third-order valence-electron chi connectivity index (χ3n) is 4.32. The van der Waals surface area contributed by atoms with Gasteiger partial charge >= 0.3 is 6.18 Å². The van der Waals surface area contributed by atoms with E-state index in [1.807, 2.05) is 0 Å². The van der Waals surface area contributed by atoms with E-state index in [1.54, 1.807) is 0 Å². The second-order valence-electron chi connectivity index (χ2n) is 6.58. The van der Waals surface area contributed by atoms with Gasteiger partial charge in [0.1, 0.15) is 6.54 Å². The molecule has 0 saturated heterocycles. The molecular formula is C19H14F3N5O5. The van der Waals surface area contributed by atoms with Crippen LogP contribution in [0.1, 0.15) is 16.1 Å². The van der Waals surface area contributed by atoms with E-state index in [4.69, 9.17) is 0 Å². The van der Waals surface area contributed by atoms with Crippen molar-refractivity contribution in [3.05, 3.63) is 92.3 Å². The predicted molar refractivity (Wildman–Crippen MR) is 104 cm³/mol. The van der Waals surface area contributed by atoms with Crippen molar-refractivity contribution in [2.75, 3.05) is 6.54 Å². The van der Waals surface area contributed by atoms with Gasteiger partial charge in [0.25, 0.3) is 17.3 Å². The van der Waals surface area contributed by atoms with Gasteiger partial charge in [0.15, 0.2) is 5.69 Å². The topological polar surface area (TPSA) is 124 Å². The van der Waals surface area contributed by atoms with Gasteiger partial charge in [-0.05, 0) is 12.1 Å². The summed E-state index contributed by atoms with van der Waals surface area (Å²) in [5, 5.41) is 26.0. The minimum atomic E-state index is -4.76. The number of rotatable bonds is 7. The minimum absolute atomic E-state index is 0.0757. The molecule has 1 heterocycles. The summed E-state index contributed by atoms with van der Waals surface area (Å²) in [5.74, 6) is -1.11.